The number of aromatic nitrogens is 3. The van der Waals surface area contributed by atoms with Gasteiger partial charge in [0.15, 0.2) is 5.58 Å². The minimum Gasteiger partial charge on any atom is -0.423 e. The van der Waals surface area contributed by atoms with Crippen molar-refractivity contribution >= 4 is 17.1 Å². The molecular weight excluding hydrogens is 326 g/mol. The molecule has 26 heavy (non-hydrogen) atoms. The van der Waals surface area contributed by atoms with E-state index < -0.39 is 0 Å². The molecule has 0 bridgehead atoms. The Morgan fingerprint density at radius 1 is 1.27 bits per heavy atom. The summed E-state index contributed by atoms with van der Waals surface area (Å²) in [4.78, 5) is 13.8. The van der Waals surface area contributed by atoms with E-state index in [0.717, 1.165) is 56.1 Å². The highest BCUT2D eigenvalue weighted by Crippen LogP contribution is 2.30. The highest BCUT2D eigenvalue weighted by atomic mass is 16.4. The fourth-order valence-corrected chi connectivity index (χ4v) is 3.78. The first-order valence-corrected chi connectivity index (χ1v) is 9.47. The standard InChI is InChI=1S/C20H27N5O/c1-23(2)11-6-13-24-14-10-21-19(24)16-7-5-12-25(15-16)20-22-17-8-3-4-9-18(17)26-20/h3-4,8-10,14,16H,5-7,11-13,15H2,1-2H3/t16-/m0/s1. The number of anilines is 1. The number of hydrogen-bond acceptors (Lipinski definition) is 5. The van der Waals surface area contributed by atoms with Gasteiger partial charge in [0.25, 0.3) is 6.01 Å². The Hall–Kier alpha value is -2.34. The van der Waals surface area contributed by atoms with E-state index >= 15 is 0 Å². The predicted molar refractivity (Wildman–Crippen MR) is 104 cm³/mol. The Kier molecular flexibility index (Phi) is 4.93. The fourth-order valence-electron chi connectivity index (χ4n) is 3.78. The number of aryl methyl sites for hydroxylation is 1. The average molecular weight is 353 g/mol. The highest BCUT2D eigenvalue weighted by Gasteiger charge is 2.27. The molecule has 0 unspecified atom stereocenters. The summed E-state index contributed by atoms with van der Waals surface area (Å²) in [6, 6.07) is 8.70. The maximum Gasteiger partial charge on any atom is 0.298 e. The second-order valence-corrected chi connectivity index (χ2v) is 7.38. The molecule has 1 aromatic carbocycles. The van der Waals surface area contributed by atoms with Crippen LogP contribution in [0.25, 0.3) is 11.1 Å². The summed E-state index contributed by atoms with van der Waals surface area (Å²) in [5.74, 6) is 1.62. The van der Waals surface area contributed by atoms with Crippen LogP contribution < -0.4 is 4.90 Å². The summed E-state index contributed by atoms with van der Waals surface area (Å²) in [5.41, 5.74) is 1.78. The van der Waals surface area contributed by atoms with Crippen LogP contribution >= 0.6 is 0 Å². The maximum atomic E-state index is 5.98. The van der Waals surface area contributed by atoms with Crippen LogP contribution in [0.3, 0.4) is 0 Å². The largest absolute Gasteiger partial charge is 0.423 e. The molecule has 0 radical (unpaired) electrons. The number of piperidine rings is 1. The second kappa shape index (κ2) is 7.50. The first-order chi connectivity index (χ1) is 12.7. The Morgan fingerprint density at radius 3 is 3.00 bits per heavy atom. The lowest BCUT2D eigenvalue weighted by Crippen LogP contribution is -2.35. The van der Waals surface area contributed by atoms with Crippen LogP contribution in [0, 0.1) is 0 Å². The topological polar surface area (TPSA) is 50.3 Å². The number of rotatable bonds is 6. The normalized spacial score (nSPS) is 18.1. The van der Waals surface area contributed by atoms with Crippen molar-refractivity contribution in [2.45, 2.75) is 31.7 Å². The fraction of sp³-hybridized carbons (Fsp3) is 0.500. The molecule has 0 N–H and O–H groups in total. The second-order valence-electron chi connectivity index (χ2n) is 7.38. The molecular formula is C20H27N5O. The molecule has 1 atom stereocenters. The molecule has 0 aliphatic carbocycles. The molecule has 0 saturated carbocycles. The molecule has 6 heteroatoms. The first kappa shape index (κ1) is 17.1. The molecule has 3 heterocycles. The van der Waals surface area contributed by atoms with Gasteiger partial charge in [0, 0.05) is 37.9 Å². The van der Waals surface area contributed by atoms with Crippen molar-refractivity contribution in [3.8, 4) is 0 Å². The first-order valence-electron chi connectivity index (χ1n) is 9.47. The SMILES string of the molecule is CN(C)CCCn1ccnc1[C@H]1CCCN(c2nc3ccccc3o2)C1. The predicted octanol–water partition coefficient (Wildman–Crippen LogP) is 3.36. The van der Waals surface area contributed by atoms with Crippen molar-refractivity contribution in [3.63, 3.8) is 0 Å². The van der Waals surface area contributed by atoms with E-state index in [-0.39, 0.29) is 0 Å². The lowest BCUT2D eigenvalue weighted by atomic mass is 9.97. The van der Waals surface area contributed by atoms with E-state index in [1.807, 2.05) is 30.5 Å². The molecule has 0 amide bonds. The van der Waals surface area contributed by atoms with Gasteiger partial charge in [-0.05, 0) is 52.0 Å². The number of benzene rings is 1. The monoisotopic (exact) mass is 353 g/mol. The molecule has 1 fully saturated rings. The van der Waals surface area contributed by atoms with Gasteiger partial charge >= 0.3 is 0 Å². The van der Waals surface area contributed by atoms with Gasteiger partial charge in [-0.1, -0.05) is 12.1 Å². The lowest BCUT2D eigenvalue weighted by Gasteiger charge is -2.31. The smallest absolute Gasteiger partial charge is 0.298 e. The summed E-state index contributed by atoms with van der Waals surface area (Å²) in [7, 11) is 4.24. The van der Waals surface area contributed by atoms with Gasteiger partial charge in [0.1, 0.15) is 11.3 Å². The highest BCUT2D eigenvalue weighted by molar-refractivity contribution is 5.74. The molecule has 138 valence electrons. The quantitative estimate of drug-likeness (QED) is 0.680. The number of nitrogens with zero attached hydrogens (tertiary/aromatic N) is 5. The van der Waals surface area contributed by atoms with Crippen molar-refractivity contribution < 1.29 is 4.42 Å². The molecule has 0 spiro atoms. The van der Waals surface area contributed by atoms with Gasteiger partial charge < -0.3 is 18.8 Å². The third-order valence-electron chi connectivity index (χ3n) is 5.09. The maximum absolute atomic E-state index is 5.98. The van der Waals surface area contributed by atoms with Gasteiger partial charge in [0.05, 0.1) is 0 Å². The van der Waals surface area contributed by atoms with Gasteiger partial charge in [-0.15, -0.1) is 0 Å². The van der Waals surface area contributed by atoms with E-state index in [1.165, 1.54) is 12.2 Å². The molecule has 4 rings (SSSR count). The van der Waals surface area contributed by atoms with Crippen LogP contribution in [0.4, 0.5) is 6.01 Å². The minimum absolute atomic E-state index is 0.424. The van der Waals surface area contributed by atoms with Crippen LogP contribution in [0.15, 0.2) is 41.1 Å². The number of oxazole rings is 1. The van der Waals surface area contributed by atoms with Gasteiger partial charge in [0.2, 0.25) is 0 Å². The third-order valence-corrected chi connectivity index (χ3v) is 5.09. The van der Waals surface area contributed by atoms with Crippen LogP contribution in [0.2, 0.25) is 0 Å². The minimum atomic E-state index is 0.424. The Balaban J connectivity index is 1.48. The molecule has 2 aromatic heterocycles. The number of hydrogen-bond donors (Lipinski definition) is 0. The molecule has 1 aliphatic rings. The Bertz CT molecular complexity index is 820. The van der Waals surface area contributed by atoms with Crippen molar-refractivity contribution in [3.05, 3.63) is 42.5 Å². The zero-order valence-corrected chi connectivity index (χ0v) is 15.6. The van der Waals surface area contributed by atoms with E-state index in [1.54, 1.807) is 0 Å². The van der Waals surface area contributed by atoms with Gasteiger partial charge in [-0.2, -0.15) is 4.98 Å². The summed E-state index contributed by atoms with van der Waals surface area (Å²) in [6.45, 7) is 4.02. The molecule has 3 aromatic rings. The Morgan fingerprint density at radius 2 is 2.15 bits per heavy atom. The van der Waals surface area contributed by atoms with E-state index in [9.17, 15) is 0 Å². The Labute approximate surface area is 154 Å². The van der Waals surface area contributed by atoms with Crippen molar-refractivity contribution in [2.24, 2.45) is 0 Å². The van der Waals surface area contributed by atoms with E-state index in [0.29, 0.717) is 5.92 Å². The van der Waals surface area contributed by atoms with Crippen molar-refractivity contribution in [1.29, 1.82) is 0 Å². The van der Waals surface area contributed by atoms with Crippen LogP contribution in [-0.4, -0.2) is 53.2 Å². The van der Waals surface area contributed by atoms with Crippen molar-refractivity contribution in [2.75, 3.05) is 38.6 Å². The lowest BCUT2D eigenvalue weighted by molar-refractivity contribution is 0.379. The number of para-hydroxylation sites is 2. The van der Waals surface area contributed by atoms with E-state index in [2.05, 4.69) is 44.6 Å². The molecule has 1 saturated heterocycles. The zero-order chi connectivity index (χ0) is 17.9. The van der Waals surface area contributed by atoms with E-state index in [4.69, 9.17) is 4.42 Å². The third kappa shape index (κ3) is 3.60. The summed E-state index contributed by atoms with van der Waals surface area (Å²) in [5, 5.41) is 0. The van der Waals surface area contributed by atoms with Gasteiger partial charge in [-0.3, -0.25) is 0 Å². The average Bonchev–Trinajstić information content (AvgIpc) is 3.28. The van der Waals surface area contributed by atoms with Crippen LogP contribution in [-0.2, 0) is 6.54 Å². The van der Waals surface area contributed by atoms with Crippen molar-refractivity contribution in [1.82, 2.24) is 19.4 Å². The molecule has 6 nitrogen and oxygen atoms in total. The van der Waals surface area contributed by atoms with Crippen LogP contribution in [0.1, 0.15) is 31.0 Å². The van der Waals surface area contributed by atoms with Crippen LogP contribution in [0.5, 0.6) is 0 Å². The molecule has 1 aliphatic heterocycles. The summed E-state index contributed by atoms with van der Waals surface area (Å²) >= 11 is 0. The summed E-state index contributed by atoms with van der Waals surface area (Å²) in [6.07, 6.45) is 7.49. The van der Waals surface area contributed by atoms with Gasteiger partial charge in [-0.25, -0.2) is 4.98 Å². The summed E-state index contributed by atoms with van der Waals surface area (Å²) < 4.78 is 8.30. The number of imidazole rings is 1. The number of fused-ring (bicyclic) bond motifs is 1. The zero-order valence-electron chi connectivity index (χ0n) is 15.6.